The Morgan fingerprint density at radius 2 is 2.03 bits per heavy atom. The van der Waals surface area contributed by atoms with Crippen LogP contribution in [0.5, 0.6) is 0 Å². The SMILES string of the molecule is CC1C=CC(CN2C=C(C(=O)NC3CCCC[C@@H]3O)S(=O)c3ccccc32)=C(F)C1F. The van der Waals surface area contributed by atoms with E-state index in [1.54, 1.807) is 48.2 Å². The van der Waals surface area contributed by atoms with Crippen LogP contribution in [0.3, 0.4) is 0 Å². The fraction of sp³-hybridized carbons (Fsp3) is 0.435. The molecule has 8 heteroatoms. The smallest absolute Gasteiger partial charge is 0.262 e. The maximum atomic E-state index is 14.5. The van der Waals surface area contributed by atoms with Crippen LogP contribution in [0.4, 0.5) is 14.5 Å². The molecule has 31 heavy (non-hydrogen) atoms. The number of para-hydroxylation sites is 1. The molecule has 0 spiro atoms. The average molecular weight is 449 g/mol. The van der Waals surface area contributed by atoms with Gasteiger partial charge in [0.15, 0.2) is 6.17 Å². The lowest BCUT2D eigenvalue weighted by molar-refractivity contribution is -0.118. The maximum Gasteiger partial charge on any atom is 0.262 e. The molecule has 0 bridgehead atoms. The Morgan fingerprint density at radius 1 is 1.29 bits per heavy atom. The number of carbonyl (C=O) groups is 1. The zero-order valence-electron chi connectivity index (χ0n) is 17.3. The van der Waals surface area contributed by atoms with Crippen LogP contribution >= 0.6 is 0 Å². The van der Waals surface area contributed by atoms with Crippen LogP contribution in [0.1, 0.15) is 32.6 Å². The molecule has 166 valence electrons. The molecular weight excluding hydrogens is 422 g/mol. The van der Waals surface area contributed by atoms with Crippen molar-refractivity contribution in [3.8, 4) is 0 Å². The van der Waals surface area contributed by atoms with Crippen LogP contribution in [0.15, 0.2) is 63.8 Å². The van der Waals surface area contributed by atoms with Crippen LogP contribution in [0, 0.1) is 5.92 Å². The Kier molecular flexibility index (Phi) is 6.39. The Balaban J connectivity index is 1.63. The topological polar surface area (TPSA) is 69.6 Å². The molecule has 1 aromatic carbocycles. The summed E-state index contributed by atoms with van der Waals surface area (Å²) in [5.74, 6) is -1.87. The number of amides is 1. The number of hydrogen-bond acceptors (Lipinski definition) is 4. The molecule has 1 heterocycles. The van der Waals surface area contributed by atoms with Crippen molar-refractivity contribution in [3.63, 3.8) is 0 Å². The number of rotatable bonds is 4. The van der Waals surface area contributed by atoms with Crippen molar-refractivity contribution < 1.29 is 22.9 Å². The summed E-state index contributed by atoms with van der Waals surface area (Å²) >= 11 is 0. The number of benzene rings is 1. The quantitative estimate of drug-likeness (QED) is 0.738. The molecule has 0 radical (unpaired) electrons. The average Bonchev–Trinajstić information content (AvgIpc) is 2.77. The number of nitrogens with zero attached hydrogens (tertiary/aromatic N) is 1. The highest BCUT2D eigenvalue weighted by Crippen LogP contribution is 2.35. The molecule has 4 unspecified atom stereocenters. The maximum absolute atomic E-state index is 14.5. The predicted molar refractivity (Wildman–Crippen MR) is 116 cm³/mol. The van der Waals surface area contributed by atoms with Crippen LogP contribution in [-0.4, -0.2) is 40.1 Å². The summed E-state index contributed by atoms with van der Waals surface area (Å²) in [6.45, 7) is 1.62. The van der Waals surface area contributed by atoms with Crippen molar-refractivity contribution in [1.29, 1.82) is 0 Å². The third-order valence-corrected chi connectivity index (χ3v) is 7.50. The second kappa shape index (κ2) is 9.04. The van der Waals surface area contributed by atoms with Gasteiger partial charge in [0.25, 0.3) is 5.91 Å². The molecule has 0 aromatic heterocycles. The molecule has 1 saturated carbocycles. The molecule has 1 aromatic rings. The second-order valence-corrected chi connectivity index (χ2v) is 9.70. The summed E-state index contributed by atoms with van der Waals surface area (Å²) in [5, 5.41) is 13.0. The van der Waals surface area contributed by atoms with Gasteiger partial charge in [-0.25, -0.2) is 13.0 Å². The molecule has 4 rings (SSSR count). The van der Waals surface area contributed by atoms with E-state index in [0.29, 0.717) is 23.4 Å². The summed E-state index contributed by atoms with van der Waals surface area (Å²) in [6, 6.07) is 6.50. The molecule has 5 atom stereocenters. The van der Waals surface area contributed by atoms with Gasteiger partial charge in [0.05, 0.1) is 40.1 Å². The third kappa shape index (κ3) is 4.36. The summed E-state index contributed by atoms with van der Waals surface area (Å²) in [4.78, 5) is 15.1. The van der Waals surface area contributed by atoms with E-state index in [0.717, 1.165) is 12.8 Å². The van der Waals surface area contributed by atoms with Crippen molar-refractivity contribution in [2.24, 2.45) is 5.92 Å². The van der Waals surface area contributed by atoms with Gasteiger partial charge in [-0.1, -0.05) is 44.1 Å². The zero-order valence-corrected chi connectivity index (χ0v) is 18.1. The lowest BCUT2D eigenvalue weighted by Crippen LogP contribution is -2.46. The first-order chi connectivity index (χ1) is 14.9. The monoisotopic (exact) mass is 448 g/mol. The standard InChI is InChI=1S/C23H26F2N2O3S/c1-14-10-11-15(22(25)21(14)24)12-27-13-20(31(30)19-9-5-3-7-17(19)27)23(29)26-16-6-2-4-8-18(16)28/h3,5,7,9-11,13-14,16,18,21,28H,2,4,6,8,12H2,1H3,(H,26,29)/t14?,16?,18-,21?,31?/m0/s1. The van der Waals surface area contributed by atoms with Gasteiger partial charge < -0.3 is 15.3 Å². The van der Waals surface area contributed by atoms with E-state index in [4.69, 9.17) is 0 Å². The van der Waals surface area contributed by atoms with E-state index in [9.17, 15) is 22.9 Å². The van der Waals surface area contributed by atoms with Crippen molar-refractivity contribution in [1.82, 2.24) is 5.32 Å². The van der Waals surface area contributed by atoms with Gasteiger partial charge in [-0.2, -0.15) is 0 Å². The summed E-state index contributed by atoms with van der Waals surface area (Å²) in [7, 11) is -1.72. The molecule has 5 nitrogen and oxygen atoms in total. The summed E-state index contributed by atoms with van der Waals surface area (Å²) in [6.07, 6.45) is 5.39. The predicted octanol–water partition coefficient (Wildman–Crippen LogP) is 3.64. The van der Waals surface area contributed by atoms with Crippen LogP contribution < -0.4 is 10.2 Å². The van der Waals surface area contributed by atoms with Gasteiger partial charge in [0, 0.05) is 17.7 Å². The fourth-order valence-corrected chi connectivity index (χ4v) is 5.45. The van der Waals surface area contributed by atoms with Crippen LogP contribution in [-0.2, 0) is 15.6 Å². The van der Waals surface area contributed by atoms with Crippen molar-refractivity contribution in [3.05, 3.63) is 58.9 Å². The molecule has 2 N–H and O–H groups in total. The van der Waals surface area contributed by atoms with Gasteiger partial charge in [-0.3, -0.25) is 4.79 Å². The number of alkyl halides is 1. The fourth-order valence-electron chi connectivity index (χ4n) is 4.19. The third-order valence-electron chi connectivity index (χ3n) is 6.07. The van der Waals surface area contributed by atoms with E-state index in [1.807, 2.05) is 0 Å². The normalized spacial score (nSPS) is 30.6. The number of nitrogens with one attached hydrogen (secondary N) is 1. The number of fused-ring (bicyclic) bond motifs is 1. The minimum absolute atomic E-state index is 0.00647. The van der Waals surface area contributed by atoms with Gasteiger partial charge in [0.1, 0.15) is 10.7 Å². The molecule has 1 fully saturated rings. The van der Waals surface area contributed by atoms with E-state index in [-0.39, 0.29) is 23.1 Å². The largest absolute Gasteiger partial charge is 0.391 e. The minimum Gasteiger partial charge on any atom is -0.391 e. The second-order valence-electron chi connectivity index (χ2n) is 8.28. The number of hydrogen-bond donors (Lipinski definition) is 2. The Hall–Kier alpha value is -2.32. The highest BCUT2D eigenvalue weighted by atomic mass is 32.2. The Labute approximate surface area is 183 Å². The Morgan fingerprint density at radius 3 is 2.81 bits per heavy atom. The van der Waals surface area contributed by atoms with Crippen molar-refractivity contribution in [2.75, 3.05) is 11.4 Å². The number of allylic oxidation sites excluding steroid dienone is 2. The molecule has 3 aliphatic rings. The van der Waals surface area contributed by atoms with E-state index in [2.05, 4.69) is 5.32 Å². The molecular formula is C23H26F2N2O3S. The van der Waals surface area contributed by atoms with Crippen LogP contribution in [0.2, 0.25) is 0 Å². The number of halogens is 2. The summed E-state index contributed by atoms with van der Waals surface area (Å²) in [5.41, 5.74) is 0.768. The van der Waals surface area contributed by atoms with E-state index >= 15 is 0 Å². The molecule has 1 amide bonds. The first-order valence-corrected chi connectivity index (χ1v) is 11.7. The van der Waals surface area contributed by atoms with Gasteiger partial charge in [0.2, 0.25) is 0 Å². The molecule has 2 aliphatic carbocycles. The lowest BCUT2D eigenvalue weighted by atomic mass is 9.92. The summed E-state index contributed by atoms with van der Waals surface area (Å²) < 4.78 is 41.8. The number of carbonyl (C=O) groups excluding carboxylic acids is 1. The van der Waals surface area contributed by atoms with E-state index in [1.165, 1.54) is 6.20 Å². The first-order valence-electron chi connectivity index (χ1n) is 10.6. The Bertz CT molecular complexity index is 991. The number of aliphatic hydroxyl groups is 1. The van der Waals surface area contributed by atoms with Gasteiger partial charge in [-0.15, -0.1) is 0 Å². The molecule has 0 saturated heterocycles. The lowest BCUT2D eigenvalue weighted by Gasteiger charge is -2.32. The number of anilines is 1. The highest BCUT2D eigenvalue weighted by Gasteiger charge is 2.33. The van der Waals surface area contributed by atoms with Crippen molar-refractivity contribution in [2.45, 2.75) is 55.8 Å². The zero-order chi connectivity index (χ0) is 22.1. The molecule has 1 aliphatic heterocycles. The minimum atomic E-state index is -1.72. The highest BCUT2D eigenvalue weighted by molar-refractivity contribution is 7.90. The van der Waals surface area contributed by atoms with Crippen molar-refractivity contribution >= 4 is 22.4 Å². The van der Waals surface area contributed by atoms with Gasteiger partial charge in [-0.05, 0) is 25.0 Å². The number of aliphatic hydroxyl groups excluding tert-OH is 1. The first kappa shape index (κ1) is 21.9. The van der Waals surface area contributed by atoms with Crippen LogP contribution in [0.25, 0.3) is 0 Å². The van der Waals surface area contributed by atoms with Gasteiger partial charge >= 0.3 is 0 Å². The van der Waals surface area contributed by atoms with E-state index < -0.39 is 40.7 Å².